The minimum absolute atomic E-state index is 0.0343. The average Bonchev–Trinajstić information content (AvgIpc) is 2.98. The second-order valence-electron chi connectivity index (χ2n) is 6.78. The van der Waals surface area contributed by atoms with Gasteiger partial charge in [0.25, 0.3) is 0 Å². The number of carbonyl (C=O) groups is 1. The number of hydrogen-bond donors (Lipinski definition) is 1. The molecule has 0 aromatic heterocycles. The molecular formula is C17H32NO7S-. The molecule has 1 heterocycles. The molecule has 0 aliphatic carbocycles. The first kappa shape index (κ1) is 23.3. The second-order valence-corrected chi connectivity index (χ2v) is 8.44. The van der Waals surface area contributed by atoms with Crippen molar-refractivity contribution in [1.29, 1.82) is 0 Å². The zero-order valence-corrected chi connectivity index (χ0v) is 16.6. The molecule has 1 amide bonds. The van der Waals surface area contributed by atoms with Crippen LogP contribution in [0.15, 0.2) is 0 Å². The number of nitrogens with zero attached hydrogens (tertiary/aromatic N) is 1. The molecule has 1 saturated heterocycles. The molecule has 9 heteroatoms. The molecule has 3 atom stereocenters. The molecule has 0 bridgehead atoms. The van der Waals surface area contributed by atoms with Crippen LogP contribution in [0.3, 0.4) is 0 Å². The maximum atomic E-state index is 12.0. The van der Waals surface area contributed by atoms with Crippen LogP contribution < -0.4 is 0 Å². The number of carbonyl (C=O) groups excluding carboxylic acids is 1. The summed E-state index contributed by atoms with van der Waals surface area (Å²) in [6, 6.07) is -0.224. The van der Waals surface area contributed by atoms with E-state index in [4.69, 9.17) is 9.47 Å². The van der Waals surface area contributed by atoms with E-state index in [1.54, 1.807) is 11.8 Å². The van der Waals surface area contributed by atoms with Gasteiger partial charge in [0.2, 0.25) is 5.91 Å². The molecule has 0 aromatic rings. The molecule has 26 heavy (non-hydrogen) atoms. The largest absolute Gasteiger partial charge is 0.748 e. The van der Waals surface area contributed by atoms with Gasteiger partial charge in [-0.05, 0) is 38.5 Å². The van der Waals surface area contributed by atoms with Crippen LogP contribution in [0.5, 0.6) is 0 Å². The Balaban J connectivity index is 2.46. The van der Waals surface area contributed by atoms with Gasteiger partial charge in [0.05, 0.1) is 28.6 Å². The van der Waals surface area contributed by atoms with Crippen molar-refractivity contribution in [3.05, 3.63) is 0 Å². The molecule has 1 aliphatic heterocycles. The van der Waals surface area contributed by atoms with Crippen LogP contribution in [0, 0.1) is 0 Å². The Kier molecular flexibility index (Phi) is 10.6. The zero-order chi connectivity index (χ0) is 19.6. The third-order valence-corrected chi connectivity index (χ3v) is 6.04. The summed E-state index contributed by atoms with van der Waals surface area (Å²) in [5, 5.41) is 8.53. The number of methoxy groups -OCH3 is 1. The summed E-state index contributed by atoms with van der Waals surface area (Å²) in [5.41, 5.74) is 0. The minimum Gasteiger partial charge on any atom is -0.748 e. The predicted octanol–water partition coefficient (Wildman–Crippen LogP) is 0.886. The number of likely N-dealkylation sites (tertiary alicyclic amines) is 1. The fourth-order valence-electron chi connectivity index (χ4n) is 3.29. The van der Waals surface area contributed by atoms with Gasteiger partial charge in [-0.2, -0.15) is 0 Å². The van der Waals surface area contributed by atoms with Crippen LogP contribution in [0.4, 0.5) is 0 Å². The van der Waals surface area contributed by atoms with Crippen molar-refractivity contribution < 1.29 is 32.3 Å². The molecule has 8 nitrogen and oxygen atoms in total. The lowest BCUT2D eigenvalue weighted by Crippen LogP contribution is -2.40. The summed E-state index contributed by atoms with van der Waals surface area (Å²) in [4.78, 5) is 13.8. The first-order valence-corrected chi connectivity index (χ1v) is 10.8. The Morgan fingerprint density at radius 2 is 2.04 bits per heavy atom. The molecule has 0 saturated carbocycles. The Morgan fingerprint density at radius 3 is 2.58 bits per heavy atom. The molecule has 1 aliphatic rings. The van der Waals surface area contributed by atoms with Crippen molar-refractivity contribution in [3.8, 4) is 0 Å². The Hall–Kier alpha value is -0.740. The van der Waals surface area contributed by atoms with Crippen LogP contribution in [-0.2, 0) is 24.4 Å². The number of aliphatic hydroxyl groups is 1. The highest BCUT2D eigenvalue weighted by Crippen LogP contribution is 2.24. The molecule has 0 radical (unpaired) electrons. The number of aliphatic hydroxyl groups excluding tert-OH is 1. The Bertz CT molecular complexity index is 511. The number of amides is 1. The van der Waals surface area contributed by atoms with Crippen LogP contribution in [-0.4, -0.2) is 79.8 Å². The van der Waals surface area contributed by atoms with Gasteiger partial charge in [-0.3, -0.25) is 4.79 Å². The van der Waals surface area contributed by atoms with Crippen LogP contribution in [0.1, 0.15) is 51.9 Å². The number of hydrogen-bond acceptors (Lipinski definition) is 7. The molecule has 154 valence electrons. The quantitative estimate of drug-likeness (QED) is 0.343. The van der Waals surface area contributed by atoms with E-state index in [1.165, 1.54) is 7.11 Å². The molecular weight excluding hydrogens is 362 g/mol. The van der Waals surface area contributed by atoms with Crippen molar-refractivity contribution in [2.75, 3.05) is 33.5 Å². The normalized spacial score (nSPS) is 18.9. The van der Waals surface area contributed by atoms with Crippen molar-refractivity contribution in [1.82, 2.24) is 4.90 Å². The number of unbranched alkanes of at least 4 members (excludes halogenated alkanes) is 1. The van der Waals surface area contributed by atoms with Crippen molar-refractivity contribution in [2.45, 2.75) is 69.3 Å². The standard InChI is InChI=1S/C17H33NO7S/c1-3-16(26(21,22)23)11-14(18-9-6-8-17(18)20)7-4-5-10-25-13-15(19)12-24-2/h14-16,19H,3-13H2,1-2H3,(H,21,22,23)/p-1. The van der Waals surface area contributed by atoms with Gasteiger partial charge < -0.3 is 24.0 Å². The van der Waals surface area contributed by atoms with E-state index in [0.717, 1.165) is 19.3 Å². The maximum absolute atomic E-state index is 12.0. The molecule has 1 fully saturated rings. The van der Waals surface area contributed by atoms with Gasteiger partial charge in [-0.1, -0.05) is 6.92 Å². The Morgan fingerprint density at radius 1 is 1.31 bits per heavy atom. The van der Waals surface area contributed by atoms with Gasteiger partial charge in [-0.25, -0.2) is 8.42 Å². The lowest BCUT2D eigenvalue weighted by atomic mass is 10.0. The Labute approximate surface area is 156 Å². The molecule has 0 spiro atoms. The first-order chi connectivity index (χ1) is 12.3. The minimum atomic E-state index is -4.36. The summed E-state index contributed by atoms with van der Waals surface area (Å²) < 4.78 is 44.4. The summed E-state index contributed by atoms with van der Waals surface area (Å²) in [6.45, 7) is 3.20. The third-order valence-electron chi connectivity index (χ3n) is 4.69. The fourth-order valence-corrected chi connectivity index (χ4v) is 4.16. The van der Waals surface area contributed by atoms with Crippen LogP contribution >= 0.6 is 0 Å². The summed E-state index contributed by atoms with van der Waals surface area (Å²) in [5.74, 6) is 0.0343. The first-order valence-electron chi connectivity index (χ1n) is 9.28. The van der Waals surface area contributed by atoms with E-state index in [-0.39, 0.29) is 38.0 Å². The van der Waals surface area contributed by atoms with Gasteiger partial charge in [0.15, 0.2) is 0 Å². The van der Waals surface area contributed by atoms with Gasteiger partial charge in [0, 0.05) is 32.7 Å². The highest BCUT2D eigenvalue weighted by Gasteiger charge is 2.30. The van der Waals surface area contributed by atoms with Gasteiger partial charge in [0.1, 0.15) is 6.10 Å². The smallest absolute Gasteiger partial charge is 0.222 e. The van der Waals surface area contributed by atoms with Crippen molar-refractivity contribution >= 4 is 16.0 Å². The molecule has 1 rings (SSSR count). The lowest BCUT2D eigenvalue weighted by Gasteiger charge is -2.32. The zero-order valence-electron chi connectivity index (χ0n) is 15.8. The van der Waals surface area contributed by atoms with Gasteiger partial charge >= 0.3 is 0 Å². The van der Waals surface area contributed by atoms with E-state index in [2.05, 4.69) is 0 Å². The van der Waals surface area contributed by atoms with E-state index < -0.39 is 21.5 Å². The van der Waals surface area contributed by atoms with E-state index in [0.29, 0.717) is 26.0 Å². The predicted molar refractivity (Wildman–Crippen MR) is 95.7 cm³/mol. The highest BCUT2D eigenvalue weighted by atomic mass is 32.2. The average molecular weight is 395 g/mol. The molecule has 1 N–H and O–H groups in total. The number of ether oxygens (including phenoxy) is 2. The highest BCUT2D eigenvalue weighted by molar-refractivity contribution is 7.86. The lowest BCUT2D eigenvalue weighted by molar-refractivity contribution is -0.130. The van der Waals surface area contributed by atoms with Crippen LogP contribution in [0.25, 0.3) is 0 Å². The van der Waals surface area contributed by atoms with Crippen molar-refractivity contribution in [2.24, 2.45) is 0 Å². The van der Waals surface area contributed by atoms with Gasteiger partial charge in [-0.15, -0.1) is 0 Å². The second kappa shape index (κ2) is 11.9. The third kappa shape index (κ3) is 8.30. The summed E-state index contributed by atoms with van der Waals surface area (Å²) in [6.07, 6.45) is 3.19. The van der Waals surface area contributed by atoms with E-state index >= 15 is 0 Å². The van der Waals surface area contributed by atoms with Crippen molar-refractivity contribution in [3.63, 3.8) is 0 Å². The summed E-state index contributed by atoms with van der Waals surface area (Å²) in [7, 11) is -2.85. The maximum Gasteiger partial charge on any atom is 0.222 e. The monoisotopic (exact) mass is 394 g/mol. The number of rotatable bonds is 14. The summed E-state index contributed by atoms with van der Waals surface area (Å²) >= 11 is 0. The molecule has 3 unspecified atom stereocenters. The topological polar surface area (TPSA) is 116 Å². The van der Waals surface area contributed by atoms with E-state index in [1.807, 2.05) is 0 Å². The SMILES string of the molecule is CCC(CC(CCCCOCC(O)COC)N1CCCC1=O)S(=O)(=O)[O-]. The van der Waals surface area contributed by atoms with E-state index in [9.17, 15) is 22.9 Å². The fraction of sp³-hybridized carbons (Fsp3) is 0.941. The van der Waals surface area contributed by atoms with Crippen LogP contribution in [0.2, 0.25) is 0 Å². The molecule has 0 aromatic carbocycles.